The molecule has 0 radical (unpaired) electrons. The molecule has 3 fully saturated rings. The van der Waals surface area contributed by atoms with Crippen molar-refractivity contribution in [2.45, 2.75) is 117 Å². The number of aliphatic hydroxyl groups is 1. The number of aromatic nitrogens is 6. The lowest BCUT2D eigenvalue weighted by Gasteiger charge is -2.58. The largest absolute Gasteiger partial charge is 0.481 e. The van der Waals surface area contributed by atoms with Gasteiger partial charge in [0, 0.05) is 49.6 Å². The number of ether oxygens (including phenoxy) is 1. The lowest BCUT2D eigenvalue weighted by Crippen LogP contribution is -2.63. The summed E-state index contributed by atoms with van der Waals surface area (Å²) in [6.45, 7) is 7.91. The molecule has 15 nitrogen and oxygen atoms in total. The highest BCUT2D eigenvalue weighted by molar-refractivity contribution is 7.99. The van der Waals surface area contributed by atoms with Gasteiger partial charge in [0.05, 0.1) is 30.9 Å². The molecule has 8 atom stereocenters. The number of aldehydes is 1. The first-order valence-electron chi connectivity index (χ1n) is 23.7. The van der Waals surface area contributed by atoms with Gasteiger partial charge in [0.2, 0.25) is 11.8 Å². The van der Waals surface area contributed by atoms with Crippen LogP contribution in [-0.2, 0) is 49.0 Å². The molecular weight excluding hydrogens is 871 g/mol. The summed E-state index contributed by atoms with van der Waals surface area (Å²) < 4.78 is 37.6. The summed E-state index contributed by atoms with van der Waals surface area (Å²) in [4.78, 5) is 59.9. The Labute approximate surface area is 389 Å². The molecule has 360 valence electrons. The third-order valence-electron chi connectivity index (χ3n) is 15.2. The monoisotopic (exact) mass is 936 g/mol. The molecule has 4 N–H and O–H groups in total. The lowest BCUT2D eigenvalue weighted by atomic mass is 9.43. The highest BCUT2D eigenvalue weighted by Gasteiger charge is 2.84. The van der Waals surface area contributed by atoms with E-state index in [0.29, 0.717) is 88.2 Å². The van der Waals surface area contributed by atoms with E-state index >= 15 is 0 Å². The van der Waals surface area contributed by atoms with Crippen LogP contribution in [0.15, 0.2) is 48.8 Å². The van der Waals surface area contributed by atoms with Gasteiger partial charge in [0.1, 0.15) is 47.9 Å². The van der Waals surface area contributed by atoms with E-state index in [1.54, 1.807) is 11.8 Å². The average molecular weight is 937 g/mol. The quantitative estimate of drug-likeness (QED) is 0.0400. The summed E-state index contributed by atoms with van der Waals surface area (Å²) in [5.74, 6) is -0.00573. The van der Waals surface area contributed by atoms with Gasteiger partial charge < -0.3 is 30.4 Å². The molecule has 4 bridgehead atoms. The maximum absolute atomic E-state index is 14.8. The van der Waals surface area contributed by atoms with Crippen LogP contribution in [0.2, 0.25) is 0 Å². The van der Waals surface area contributed by atoms with Crippen molar-refractivity contribution in [2.75, 3.05) is 37.8 Å². The van der Waals surface area contributed by atoms with Crippen LogP contribution in [0, 0.1) is 57.5 Å². The molecule has 1 aromatic carbocycles. The molecule has 7 rings (SSSR count). The van der Waals surface area contributed by atoms with Crippen molar-refractivity contribution in [3.05, 3.63) is 71.9 Å². The van der Waals surface area contributed by atoms with Gasteiger partial charge in [-0.2, -0.15) is 22.0 Å². The van der Waals surface area contributed by atoms with E-state index in [1.807, 2.05) is 0 Å². The van der Waals surface area contributed by atoms with Crippen molar-refractivity contribution in [3.8, 4) is 0 Å². The Hall–Kier alpha value is -4.55. The number of carbonyl (C=O) groups is 4. The van der Waals surface area contributed by atoms with Crippen molar-refractivity contribution < 1.29 is 42.9 Å². The van der Waals surface area contributed by atoms with Gasteiger partial charge >= 0.3 is 5.97 Å². The number of thioether (sulfide) groups is 1. The minimum atomic E-state index is -1.82. The van der Waals surface area contributed by atoms with Crippen LogP contribution in [0.25, 0.3) is 0 Å². The molecule has 0 spiro atoms. The number of halogens is 2. The fourth-order valence-electron chi connectivity index (χ4n) is 12.4. The first-order valence-corrected chi connectivity index (χ1v) is 24.8. The van der Waals surface area contributed by atoms with Crippen molar-refractivity contribution in [2.24, 2.45) is 45.8 Å². The number of carbonyl (C=O) groups excluding carboxylic acids is 3. The van der Waals surface area contributed by atoms with Gasteiger partial charge in [-0.25, -0.2) is 28.1 Å². The van der Waals surface area contributed by atoms with Crippen LogP contribution in [0.4, 0.5) is 8.78 Å². The summed E-state index contributed by atoms with van der Waals surface area (Å²) in [6, 6.07) is 3.01. The van der Waals surface area contributed by atoms with E-state index in [9.17, 15) is 38.2 Å². The summed E-state index contributed by atoms with van der Waals surface area (Å²) in [5, 5.41) is 37.0. The second kappa shape index (κ2) is 21.2. The van der Waals surface area contributed by atoms with E-state index < -0.39 is 39.4 Å². The predicted octanol–water partition coefficient (Wildman–Crippen LogP) is 5.92. The first kappa shape index (κ1) is 49.4. The van der Waals surface area contributed by atoms with Gasteiger partial charge in [-0.15, -0.1) is 0 Å². The van der Waals surface area contributed by atoms with Crippen molar-refractivity contribution >= 4 is 35.8 Å². The highest BCUT2D eigenvalue weighted by atomic mass is 32.2. The molecule has 4 aliphatic rings. The van der Waals surface area contributed by atoms with Gasteiger partial charge in [-0.1, -0.05) is 51.3 Å². The number of carboxylic acids is 1. The molecule has 2 aromatic heterocycles. The average Bonchev–Trinajstić information content (AvgIpc) is 4.11. The molecule has 4 aliphatic carbocycles. The van der Waals surface area contributed by atoms with Crippen LogP contribution >= 0.6 is 11.8 Å². The number of benzene rings is 1. The number of unbranched alkanes of at least 4 members (excludes halogenated alkanes) is 3. The van der Waals surface area contributed by atoms with Crippen LogP contribution in [-0.4, -0.2) is 102 Å². The Balaban J connectivity index is 0.726. The number of fused-ring (bicyclic) bond motifs is 2. The third-order valence-corrected chi connectivity index (χ3v) is 16.2. The number of aliphatic carboxylic acids is 1. The number of allylic oxidation sites excluding steroid dienone is 1. The zero-order valence-corrected chi connectivity index (χ0v) is 39.2. The fraction of sp³-hybridized carbons (Fsp3) is 0.667. The Morgan fingerprint density at radius 3 is 2.52 bits per heavy atom. The second-order valence-electron chi connectivity index (χ2n) is 19.5. The maximum atomic E-state index is 14.8. The molecule has 0 saturated heterocycles. The van der Waals surface area contributed by atoms with E-state index in [4.69, 9.17) is 4.74 Å². The Bertz CT molecular complexity index is 2210. The number of nitrogens with one attached hydrogen (secondary N) is 2. The molecule has 2 heterocycles. The number of nitrogens with zero attached hydrogens (tertiary/aromatic N) is 6. The maximum Gasteiger partial charge on any atom is 0.315 e. The highest BCUT2D eigenvalue weighted by Crippen LogP contribution is 2.82. The third kappa shape index (κ3) is 9.73. The summed E-state index contributed by atoms with van der Waals surface area (Å²) in [5.41, 5.74) is -3.72. The molecule has 0 aliphatic heterocycles. The molecule has 66 heavy (non-hydrogen) atoms. The zero-order chi connectivity index (χ0) is 47.1. The number of rotatable bonds is 27. The van der Waals surface area contributed by atoms with Crippen LogP contribution in [0.1, 0.15) is 103 Å². The summed E-state index contributed by atoms with van der Waals surface area (Å²) >= 11 is 1.54. The number of hydrogen-bond acceptors (Lipinski definition) is 11. The predicted molar refractivity (Wildman–Crippen MR) is 243 cm³/mol. The first-order chi connectivity index (χ1) is 31.7. The van der Waals surface area contributed by atoms with Crippen LogP contribution in [0.5, 0.6) is 0 Å². The van der Waals surface area contributed by atoms with Gasteiger partial charge in [-0.05, 0) is 92.8 Å². The summed E-state index contributed by atoms with van der Waals surface area (Å²) in [6.07, 6.45) is 16.1. The Morgan fingerprint density at radius 1 is 1.02 bits per heavy atom. The zero-order valence-electron chi connectivity index (χ0n) is 38.4. The number of aryl methyl sites for hydroxylation is 1. The summed E-state index contributed by atoms with van der Waals surface area (Å²) in [7, 11) is 0. The van der Waals surface area contributed by atoms with Crippen LogP contribution in [0.3, 0.4) is 0 Å². The van der Waals surface area contributed by atoms with E-state index in [-0.39, 0.29) is 48.2 Å². The number of hydrogen-bond donors (Lipinski definition) is 4. The van der Waals surface area contributed by atoms with E-state index in [2.05, 4.69) is 57.6 Å². The Morgan fingerprint density at radius 2 is 1.79 bits per heavy atom. The Kier molecular flexibility index (Phi) is 15.8. The number of amides is 2. The molecule has 3 saturated carbocycles. The minimum Gasteiger partial charge on any atom is -0.481 e. The number of carboxylic acid groups (broad SMARTS) is 1. The van der Waals surface area contributed by atoms with E-state index in [0.717, 1.165) is 68.3 Å². The van der Waals surface area contributed by atoms with Gasteiger partial charge in [0.15, 0.2) is 5.82 Å². The molecule has 2 amide bonds. The van der Waals surface area contributed by atoms with Crippen molar-refractivity contribution in [1.29, 1.82) is 0 Å². The normalized spacial score (nSPS) is 27.1. The molecule has 18 heteroatoms. The van der Waals surface area contributed by atoms with E-state index in [1.165, 1.54) is 34.4 Å². The van der Waals surface area contributed by atoms with Crippen LogP contribution < -0.4 is 10.6 Å². The second-order valence-corrected chi connectivity index (χ2v) is 20.6. The minimum absolute atomic E-state index is 0.0186. The van der Waals surface area contributed by atoms with Gasteiger partial charge in [0.25, 0.3) is 0 Å². The molecule has 5 unspecified atom stereocenters. The molecule has 3 aromatic rings. The topological polar surface area (TPSA) is 203 Å². The smallest absolute Gasteiger partial charge is 0.315 e. The fourth-order valence-corrected chi connectivity index (χ4v) is 13.1. The van der Waals surface area contributed by atoms with Crippen molar-refractivity contribution in [3.63, 3.8) is 0 Å². The molecular formula is C48H66F2N8O7S. The van der Waals surface area contributed by atoms with Gasteiger partial charge in [-0.3, -0.25) is 14.4 Å². The van der Waals surface area contributed by atoms with Crippen molar-refractivity contribution in [1.82, 2.24) is 40.2 Å². The standard InChI is InChI=1S/C48H66F2N8O7S/c1-32(2)39-20-34-22-45(27-59)37-14-12-33(3)36(37)23-46(34,48(39,45)44(62)63)28-65-18-9-19-66-24-43(61)53-16-7-4-5-11-42(60)52-17-8-6-10-41-54-31-58(56-41)26-47(64,25-57-30-51-29-55-57)38-15-13-35(49)21-40(38)50/h13,15,20-21,27,29-34,36-37,64H,4-12,14,16-19,22-26,28H2,1-3H3,(H,52,60)(H,53,61)(H,62,63)/t33-,34?,36-,37-,45?,46?,47?,48?/m1/s1. The SMILES string of the molecule is CC(C)C1=CC2CC3(C=O)[C@@H]4CC[C@@H](C)[C@H]4CC2(COCCCSCC(=O)NCCCCCC(=O)NCCCCc2ncn(CC(O)(Cn4cncn4)c4ccc(F)cc4F)n2)C13C(=O)O. The lowest BCUT2D eigenvalue weighted by molar-refractivity contribution is -0.186.